The van der Waals surface area contributed by atoms with Crippen LogP contribution in [0.3, 0.4) is 0 Å². The van der Waals surface area contributed by atoms with E-state index in [1.54, 1.807) is 4.90 Å². The van der Waals surface area contributed by atoms with Crippen LogP contribution in [0, 0.1) is 5.92 Å². The number of pyridine rings is 1. The van der Waals surface area contributed by atoms with Crippen molar-refractivity contribution < 1.29 is 27.5 Å². The fourth-order valence-electron chi connectivity index (χ4n) is 2.42. The molecule has 6 nitrogen and oxygen atoms in total. The average Bonchev–Trinajstić information content (AvgIpc) is 2.53. The Morgan fingerprint density at radius 3 is 2.75 bits per heavy atom. The predicted molar refractivity (Wildman–Crippen MR) is 79.4 cm³/mol. The van der Waals surface area contributed by atoms with Gasteiger partial charge in [-0.1, -0.05) is 0 Å². The molecule has 0 radical (unpaired) electrons. The summed E-state index contributed by atoms with van der Waals surface area (Å²) in [5.74, 6) is -0.804. The number of nitrogens with one attached hydrogen (secondary N) is 1. The molecular weight excluding hydrogens is 327 g/mol. The molecule has 1 fully saturated rings. The molecular formula is C15H18F3N3O3. The summed E-state index contributed by atoms with van der Waals surface area (Å²) in [5, 5.41) is 2.65. The zero-order valence-electron chi connectivity index (χ0n) is 13.1. The van der Waals surface area contributed by atoms with Gasteiger partial charge in [0.2, 0.25) is 17.7 Å². The third-order valence-corrected chi connectivity index (χ3v) is 3.63. The quantitative estimate of drug-likeness (QED) is 0.908. The van der Waals surface area contributed by atoms with Crippen LogP contribution in [0.4, 0.5) is 18.9 Å². The van der Waals surface area contributed by atoms with Gasteiger partial charge in [0, 0.05) is 26.1 Å². The van der Waals surface area contributed by atoms with Crippen LogP contribution in [-0.2, 0) is 9.59 Å². The van der Waals surface area contributed by atoms with Crippen LogP contribution in [0.5, 0.6) is 5.88 Å². The Bertz CT molecular complexity index is 590. The molecule has 1 aliphatic heterocycles. The van der Waals surface area contributed by atoms with Crippen LogP contribution in [-0.4, -0.2) is 47.6 Å². The fraction of sp³-hybridized carbons (Fsp3) is 0.533. The standard InChI is InChI=1S/C15H18F3N3O3/c1-10(22)21-6-2-3-11(8-21)14(23)20-12-4-5-13(19-7-12)24-9-15(16,17)18/h4-5,7,11H,2-3,6,8-9H2,1H3,(H,20,23)/t11-/m1/s1. The van der Waals surface area contributed by atoms with Crippen LogP contribution < -0.4 is 10.1 Å². The Morgan fingerprint density at radius 2 is 2.17 bits per heavy atom. The van der Waals surface area contributed by atoms with Gasteiger partial charge in [0.15, 0.2) is 6.61 Å². The SMILES string of the molecule is CC(=O)N1CCC[C@@H](C(=O)Nc2ccc(OCC(F)(F)F)nc2)C1. The Morgan fingerprint density at radius 1 is 1.42 bits per heavy atom. The van der Waals surface area contributed by atoms with Crippen molar-refractivity contribution in [3.8, 4) is 5.88 Å². The van der Waals surface area contributed by atoms with E-state index in [9.17, 15) is 22.8 Å². The van der Waals surface area contributed by atoms with Crippen molar-refractivity contribution >= 4 is 17.5 Å². The molecule has 24 heavy (non-hydrogen) atoms. The van der Waals surface area contributed by atoms with Crippen LogP contribution in [0.1, 0.15) is 19.8 Å². The van der Waals surface area contributed by atoms with Gasteiger partial charge in [0.25, 0.3) is 0 Å². The topological polar surface area (TPSA) is 71.5 Å². The van der Waals surface area contributed by atoms with Crippen molar-refractivity contribution in [1.29, 1.82) is 0 Å². The number of rotatable bonds is 4. The number of amides is 2. The van der Waals surface area contributed by atoms with Crippen molar-refractivity contribution in [2.45, 2.75) is 25.9 Å². The minimum absolute atomic E-state index is 0.0691. The molecule has 1 atom stereocenters. The zero-order valence-corrected chi connectivity index (χ0v) is 13.1. The minimum Gasteiger partial charge on any atom is -0.468 e. The lowest BCUT2D eigenvalue weighted by Gasteiger charge is -2.31. The van der Waals surface area contributed by atoms with Crippen LogP contribution >= 0.6 is 0 Å². The number of carbonyl (C=O) groups excluding carboxylic acids is 2. The largest absolute Gasteiger partial charge is 0.468 e. The molecule has 2 rings (SSSR count). The number of halogens is 3. The highest BCUT2D eigenvalue weighted by molar-refractivity contribution is 5.93. The number of anilines is 1. The van der Waals surface area contributed by atoms with Crippen LogP contribution in [0.15, 0.2) is 18.3 Å². The first-order valence-electron chi connectivity index (χ1n) is 7.46. The summed E-state index contributed by atoms with van der Waals surface area (Å²) in [5.41, 5.74) is 0.360. The maximum absolute atomic E-state index is 12.2. The van der Waals surface area contributed by atoms with Gasteiger partial charge >= 0.3 is 6.18 Å². The smallest absolute Gasteiger partial charge is 0.422 e. The van der Waals surface area contributed by atoms with Crippen molar-refractivity contribution in [3.05, 3.63) is 18.3 Å². The number of ether oxygens (including phenoxy) is 1. The summed E-state index contributed by atoms with van der Waals surface area (Å²) in [6, 6.07) is 2.67. The number of hydrogen-bond acceptors (Lipinski definition) is 4. The Labute approximate surface area is 137 Å². The molecule has 1 aromatic rings. The molecule has 2 amide bonds. The lowest BCUT2D eigenvalue weighted by molar-refractivity contribution is -0.154. The first-order chi connectivity index (χ1) is 11.2. The highest BCUT2D eigenvalue weighted by atomic mass is 19.4. The summed E-state index contributed by atoms with van der Waals surface area (Å²) in [6.07, 6.45) is -1.77. The second kappa shape index (κ2) is 7.50. The van der Waals surface area contributed by atoms with Gasteiger partial charge in [-0.15, -0.1) is 0 Å². The maximum Gasteiger partial charge on any atom is 0.422 e. The predicted octanol–water partition coefficient (Wildman–Crippen LogP) is 2.22. The molecule has 1 saturated heterocycles. The van der Waals surface area contributed by atoms with Crippen molar-refractivity contribution in [1.82, 2.24) is 9.88 Å². The highest BCUT2D eigenvalue weighted by Crippen LogP contribution is 2.20. The molecule has 0 bridgehead atoms. The van der Waals surface area contributed by atoms with E-state index in [2.05, 4.69) is 15.0 Å². The van der Waals surface area contributed by atoms with E-state index in [4.69, 9.17) is 0 Å². The van der Waals surface area contributed by atoms with E-state index in [0.717, 1.165) is 6.42 Å². The Hall–Kier alpha value is -2.32. The molecule has 0 spiro atoms. The first kappa shape index (κ1) is 18.0. The second-order valence-electron chi connectivity index (χ2n) is 5.58. The summed E-state index contributed by atoms with van der Waals surface area (Å²) in [7, 11) is 0. The molecule has 0 aromatic carbocycles. The number of likely N-dealkylation sites (tertiary alicyclic amines) is 1. The van der Waals surface area contributed by atoms with Gasteiger partial charge in [-0.3, -0.25) is 9.59 Å². The van der Waals surface area contributed by atoms with E-state index in [1.165, 1.54) is 25.3 Å². The zero-order chi connectivity index (χ0) is 17.7. The summed E-state index contributed by atoms with van der Waals surface area (Å²) in [6.45, 7) is 1.05. The monoisotopic (exact) mass is 345 g/mol. The minimum atomic E-state index is -4.43. The summed E-state index contributed by atoms with van der Waals surface area (Å²) >= 11 is 0. The lowest BCUT2D eigenvalue weighted by atomic mass is 9.97. The van der Waals surface area contributed by atoms with E-state index < -0.39 is 12.8 Å². The molecule has 2 heterocycles. The van der Waals surface area contributed by atoms with E-state index in [1.807, 2.05) is 0 Å². The number of alkyl halides is 3. The molecule has 0 aliphatic carbocycles. The number of carbonyl (C=O) groups is 2. The second-order valence-corrected chi connectivity index (χ2v) is 5.58. The van der Waals surface area contributed by atoms with E-state index in [-0.39, 0.29) is 23.6 Å². The van der Waals surface area contributed by atoms with E-state index in [0.29, 0.717) is 25.2 Å². The first-order valence-corrected chi connectivity index (χ1v) is 7.46. The molecule has 9 heteroatoms. The molecule has 132 valence electrons. The van der Waals surface area contributed by atoms with Gasteiger partial charge in [0.05, 0.1) is 17.8 Å². The van der Waals surface area contributed by atoms with Gasteiger partial charge < -0.3 is 15.0 Å². The third-order valence-electron chi connectivity index (χ3n) is 3.63. The van der Waals surface area contributed by atoms with Gasteiger partial charge in [-0.25, -0.2) is 4.98 Å². The number of aromatic nitrogens is 1. The molecule has 0 unspecified atom stereocenters. The van der Waals surface area contributed by atoms with Crippen LogP contribution in [0.2, 0.25) is 0 Å². The number of nitrogens with zero attached hydrogens (tertiary/aromatic N) is 2. The Balaban J connectivity index is 1.88. The number of hydrogen-bond donors (Lipinski definition) is 1. The Kier molecular flexibility index (Phi) is 5.63. The molecule has 0 saturated carbocycles. The van der Waals surface area contributed by atoms with Gasteiger partial charge in [0.1, 0.15) is 0 Å². The van der Waals surface area contributed by atoms with Gasteiger partial charge in [-0.05, 0) is 18.9 Å². The molecule has 1 aliphatic rings. The van der Waals surface area contributed by atoms with Gasteiger partial charge in [-0.2, -0.15) is 13.2 Å². The summed E-state index contributed by atoms with van der Waals surface area (Å²) < 4.78 is 40.6. The summed E-state index contributed by atoms with van der Waals surface area (Å²) in [4.78, 5) is 29.0. The number of piperidine rings is 1. The van der Waals surface area contributed by atoms with Crippen molar-refractivity contribution in [2.24, 2.45) is 5.92 Å². The maximum atomic E-state index is 12.2. The van der Waals surface area contributed by atoms with Crippen LogP contribution in [0.25, 0.3) is 0 Å². The fourth-order valence-corrected chi connectivity index (χ4v) is 2.42. The molecule has 1 aromatic heterocycles. The van der Waals surface area contributed by atoms with Crippen molar-refractivity contribution in [3.63, 3.8) is 0 Å². The molecule has 1 N–H and O–H groups in total. The van der Waals surface area contributed by atoms with Crippen molar-refractivity contribution in [2.75, 3.05) is 25.0 Å². The average molecular weight is 345 g/mol. The normalized spacial score (nSPS) is 18.2. The lowest BCUT2D eigenvalue weighted by Crippen LogP contribution is -2.42. The third kappa shape index (κ3) is 5.39. The highest BCUT2D eigenvalue weighted by Gasteiger charge is 2.29. The van der Waals surface area contributed by atoms with E-state index >= 15 is 0 Å².